The topological polar surface area (TPSA) is 43.8 Å². The van der Waals surface area contributed by atoms with E-state index >= 15 is 0 Å². The summed E-state index contributed by atoms with van der Waals surface area (Å²) in [6, 6.07) is 0. The summed E-state index contributed by atoms with van der Waals surface area (Å²) >= 11 is 0. The van der Waals surface area contributed by atoms with Crippen LogP contribution in [0.25, 0.3) is 0 Å². The lowest BCUT2D eigenvalue weighted by Crippen LogP contribution is -2.39. The molecule has 0 atom stereocenters. The second-order valence-electron chi connectivity index (χ2n) is 4.40. The van der Waals surface area contributed by atoms with Crippen LogP contribution in [0.3, 0.4) is 0 Å². The standard InChI is InChI=1S/C12H20N2O2/c1-3-4-7-14-8-5-11(6-9-14)10-13(2)12(15)16/h1,11H,4-10H2,2H3,(H,15,16). The number of carboxylic acid groups (broad SMARTS) is 1. The zero-order chi connectivity index (χ0) is 12.0. The van der Waals surface area contributed by atoms with Gasteiger partial charge in [-0.25, -0.2) is 4.79 Å². The van der Waals surface area contributed by atoms with E-state index in [1.54, 1.807) is 7.05 Å². The predicted molar refractivity (Wildman–Crippen MR) is 63.3 cm³/mol. The van der Waals surface area contributed by atoms with Crippen LogP contribution < -0.4 is 0 Å². The zero-order valence-corrected chi connectivity index (χ0v) is 9.85. The molecular formula is C12H20N2O2. The maximum Gasteiger partial charge on any atom is 0.407 e. The number of amides is 1. The van der Waals surface area contributed by atoms with E-state index in [4.69, 9.17) is 11.5 Å². The highest BCUT2D eigenvalue weighted by Crippen LogP contribution is 2.18. The molecule has 0 unspecified atom stereocenters. The number of hydrogen-bond acceptors (Lipinski definition) is 2. The largest absolute Gasteiger partial charge is 0.465 e. The van der Waals surface area contributed by atoms with E-state index in [2.05, 4.69) is 10.8 Å². The Morgan fingerprint density at radius 3 is 2.69 bits per heavy atom. The second kappa shape index (κ2) is 6.39. The average molecular weight is 224 g/mol. The summed E-state index contributed by atoms with van der Waals surface area (Å²) in [5, 5.41) is 8.77. The Morgan fingerprint density at radius 2 is 2.19 bits per heavy atom. The molecule has 16 heavy (non-hydrogen) atoms. The van der Waals surface area contributed by atoms with Crippen molar-refractivity contribution in [3.63, 3.8) is 0 Å². The maximum atomic E-state index is 10.7. The summed E-state index contributed by atoms with van der Waals surface area (Å²) in [6.07, 6.45) is 7.33. The predicted octanol–water partition coefficient (Wildman–Crippen LogP) is 1.33. The lowest BCUT2D eigenvalue weighted by Gasteiger charge is -2.32. The highest BCUT2D eigenvalue weighted by Gasteiger charge is 2.21. The molecule has 0 aromatic rings. The number of carbonyl (C=O) groups is 1. The van der Waals surface area contributed by atoms with E-state index in [0.717, 1.165) is 38.9 Å². The Balaban J connectivity index is 2.22. The van der Waals surface area contributed by atoms with Gasteiger partial charge in [0.25, 0.3) is 0 Å². The van der Waals surface area contributed by atoms with Crippen molar-refractivity contribution >= 4 is 6.09 Å². The first-order valence-electron chi connectivity index (χ1n) is 5.73. The van der Waals surface area contributed by atoms with E-state index < -0.39 is 6.09 Å². The summed E-state index contributed by atoms with van der Waals surface area (Å²) in [4.78, 5) is 14.4. The van der Waals surface area contributed by atoms with Crippen molar-refractivity contribution in [1.82, 2.24) is 9.80 Å². The molecule has 1 aliphatic heterocycles. The number of terminal acetylenes is 1. The van der Waals surface area contributed by atoms with Gasteiger partial charge in [-0.05, 0) is 31.8 Å². The van der Waals surface area contributed by atoms with Gasteiger partial charge in [0.1, 0.15) is 0 Å². The molecule has 0 spiro atoms. The Morgan fingerprint density at radius 1 is 1.56 bits per heavy atom. The van der Waals surface area contributed by atoms with Crippen molar-refractivity contribution in [3.8, 4) is 12.3 Å². The molecule has 1 fully saturated rings. The number of hydrogen-bond donors (Lipinski definition) is 1. The minimum absolute atomic E-state index is 0.503. The summed E-state index contributed by atoms with van der Waals surface area (Å²) in [5.41, 5.74) is 0. The normalized spacial score (nSPS) is 18.0. The molecule has 1 saturated heterocycles. The summed E-state index contributed by atoms with van der Waals surface area (Å²) < 4.78 is 0. The Kier molecular flexibility index (Phi) is 5.13. The minimum Gasteiger partial charge on any atom is -0.465 e. The van der Waals surface area contributed by atoms with Crippen LogP contribution in [-0.4, -0.2) is 54.2 Å². The van der Waals surface area contributed by atoms with Gasteiger partial charge in [0.2, 0.25) is 0 Å². The van der Waals surface area contributed by atoms with Crippen LogP contribution >= 0.6 is 0 Å². The van der Waals surface area contributed by atoms with Crippen molar-refractivity contribution < 1.29 is 9.90 Å². The monoisotopic (exact) mass is 224 g/mol. The smallest absolute Gasteiger partial charge is 0.407 e. The summed E-state index contributed by atoms with van der Waals surface area (Å²) in [5.74, 6) is 3.15. The van der Waals surface area contributed by atoms with E-state index in [1.165, 1.54) is 4.90 Å². The van der Waals surface area contributed by atoms with Crippen LogP contribution in [0.2, 0.25) is 0 Å². The Hall–Kier alpha value is -1.21. The third kappa shape index (κ3) is 4.11. The van der Waals surface area contributed by atoms with Gasteiger partial charge in [-0.3, -0.25) is 0 Å². The summed E-state index contributed by atoms with van der Waals surface area (Å²) in [7, 11) is 1.63. The van der Waals surface area contributed by atoms with Crippen molar-refractivity contribution in [3.05, 3.63) is 0 Å². The fourth-order valence-corrected chi connectivity index (χ4v) is 2.08. The molecule has 1 amide bonds. The molecule has 1 N–H and O–H groups in total. The zero-order valence-electron chi connectivity index (χ0n) is 9.85. The minimum atomic E-state index is -0.838. The van der Waals surface area contributed by atoms with Gasteiger partial charge in [-0.2, -0.15) is 0 Å². The third-order valence-corrected chi connectivity index (χ3v) is 3.14. The molecule has 0 radical (unpaired) electrons. The van der Waals surface area contributed by atoms with Gasteiger partial charge in [-0.15, -0.1) is 12.3 Å². The molecule has 0 aromatic heterocycles. The van der Waals surface area contributed by atoms with Gasteiger partial charge in [-0.1, -0.05) is 0 Å². The van der Waals surface area contributed by atoms with Crippen molar-refractivity contribution in [2.45, 2.75) is 19.3 Å². The molecule has 1 heterocycles. The van der Waals surface area contributed by atoms with Crippen LogP contribution in [0.4, 0.5) is 4.79 Å². The molecule has 1 aliphatic rings. The van der Waals surface area contributed by atoms with E-state index in [0.29, 0.717) is 12.5 Å². The van der Waals surface area contributed by atoms with E-state index in [9.17, 15) is 4.79 Å². The Bertz CT molecular complexity index is 265. The van der Waals surface area contributed by atoms with Gasteiger partial charge in [0.15, 0.2) is 0 Å². The first kappa shape index (κ1) is 12.9. The lowest BCUT2D eigenvalue weighted by atomic mass is 9.96. The van der Waals surface area contributed by atoms with Crippen LogP contribution in [0.5, 0.6) is 0 Å². The van der Waals surface area contributed by atoms with Crippen LogP contribution in [0.15, 0.2) is 0 Å². The number of piperidine rings is 1. The van der Waals surface area contributed by atoms with Crippen LogP contribution in [0, 0.1) is 18.3 Å². The molecule has 0 saturated carbocycles. The molecule has 1 rings (SSSR count). The molecular weight excluding hydrogens is 204 g/mol. The molecule has 0 bridgehead atoms. The first-order valence-corrected chi connectivity index (χ1v) is 5.73. The average Bonchev–Trinajstić information content (AvgIpc) is 2.28. The van der Waals surface area contributed by atoms with Gasteiger partial charge in [0.05, 0.1) is 0 Å². The quantitative estimate of drug-likeness (QED) is 0.733. The van der Waals surface area contributed by atoms with Crippen LogP contribution in [0.1, 0.15) is 19.3 Å². The van der Waals surface area contributed by atoms with E-state index in [-0.39, 0.29) is 0 Å². The number of likely N-dealkylation sites (tertiary alicyclic amines) is 1. The first-order chi connectivity index (χ1) is 7.63. The maximum absolute atomic E-state index is 10.7. The lowest BCUT2D eigenvalue weighted by molar-refractivity contribution is 0.129. The molecule has 4 heteroatoms. The molecule has 4 nitrogen and oxygen atoms in total. The highest BCUT2D eigenvalue weighted by molar-refractivity contribution is 5.64. The summed E-state index contributed by atoms with van der Waals surface area (Å²) in [6.45, 7) is 3.70. The van der Waals surface area contributed by atoms with Gasteiger partial charge in [0, 0.05) is 26.6 Å². The second-order valence-corrected chi connectivity index (χ2v) is 4.40. The van der Waals surface area contributed by atoms with Crippen LogP contribution in [-0.2, 0) is 0 Å². The van der Waals surface area contributed by atoms with Gasteiger partial charge < -0.3 is 14.9 Å². The van der Waals surface area contributed by atoms with Crippen molar-refractivity contribution in [2.24, 2.45) is 5.92 Å². The fraction of sp³-hybridized carbons (Fsp3) is 0.750. The highest BCUT2D eigenvalue weighted by atomic mass is 16.4. The van der Waals surface area contributed by atoms with Crippen molar-refractivity contribution in [2.75, 3.05) is 33.2 Å². The number of nitrogens with zero attached hydrogens (tertiary/aromatic N) is 2. The number of rotatable bonds is 4. The van der Waals surface area contributed by atoms with Crippen molar-refractivity contribution in [1.29, 1.82) is 0 Å². The SMILES string of the molecule is C#CCCN1CCC(CN(C)C(=O)O)CC1. The third-order valence-electron chi connectivity index (χ3n) is 3.14. The molecule has 0 aromatic carbocycles. The fourth-order valence-electron chi connectivity index (χ4n) is 2.08. The molecule has 90 valence electrons. The Labute approximate surface area is 97.2 Å². The van der Waals surface area contributed by atoms with Gasteiger partial charge >= 0.3 is 6.09 Å². The molecule has 0 aliphatic carbocycles. The van der Waals surface area contributed by atoms with E-state index in [1.807, 2.05) is 0 Å².